The summed E-state index contributed by atoms with van der Waals surface area (Å²) in [6, 6.07) is 63.9. The Morgan fingerprint density at radius 2 is 0.958 bits per heavy atom. The summed E-state index contributed by atoms with van der Waals surface area (Å²) >= 11 is 1.88. The van der Waals surface area contributed by atoms with Gasteiger partial charge < -0.3 is 4.90 Å². The number of anilines is 3. The summed E-state index contributed by atoms with van der Waals surface area (Å²) in [5.74, 6) is 0. The lowest BCUT2D eigenvalue weighted by Crippen LogP contribution is -2.10. The minimum absolute atomic E-state index is 1.12. The smallest absolute Gasteiger partial charge is 0.0546 e. The van der Waals surface area contributed by atoms with Crippen LogP contribution in [0, 0.1) is 0 Å². The molecule has 48 heavy (non-hydrogen) atoms. The SMILES string of the molecule is CC.c1ccc(-c2ccc(N(c3ccc(-c4cccc5c4sc4ccccc45)cc3)c3cccc4ccc5ccccc5c34)cc2)cc1. The molecule has 9 aromatic rings. The Hall–Kier alpha value is -5.70. The lowest BCUT2D eigenvalue weighted by atomic mass is 9.98. The first-order chi connectivity index (χ1) is 23.8. The van der Waals surface area contributed by atoms with Crippen molar-refractivity contribution in [2.75, 3.05) is 4.90 Å². The van der Waals surface area contributed by atoms with Gasteiger partial charge in [0, 0.05) is 36.9 Å². The summed E-state index contributed by atoms with van der Waals surface area (Å²) in [4.78, 5) is 2.41. The molecule has 0 radical (unpaired) electrons. The van der Waals surface area contributed by atoms with Crippen LogP contribution in [-0.4, -0.2) is 0 Å². The molecule has 0 saturated carbocycles. The molecule has 0 aliphatic heterocycles. The molecule has 1 nitrogen and oxygen atoms in total. The molecule has 0 aliphatic rings. The molecule has 2 heteroatoms. The van der Waals surface area contributed by atoms with E-state index in [0.29, 0.717) is 0 Å². The maximum Gasteiger partial charge on any atom is 0.0546 e. The maximum atomic E-state index is 2.41. The normalized spacial score (nSPS) is 11.1. The predicted molar refractivity (Wildman–Crippen MR) is 211 cm³/mol. The first-order valence-electron chi connectivity index (χ1n) is 16.7. The van der Waals surface area contributed by atoms with Crippen LogP contribution in [0.3, 0.4) is 0 Å². The highest BCUT2D eigenvalue weighted by Gasteiger charge is 2.18. The molecule has 8 aromatic carbocycles. The number of thiophene rings is 1. The van der Waals surface area contributed by atoms with Crippen molar-refractivity contribution in [3.63, 3.8) is 0 Å². The van der Waals surface area contributed by atoms with Crippen LogP contribution in [0.2, 0.25) is 0 Å². The zero-order chi connectivity index (χ0) is 32.5. The minimum Gasteiger partial charge on any atom is -0.310 e. The van der Waals surface area contributed by atoms with E-state index in [4.69, 9.17) is 0 Å². The van der Waals surface area contributed by atoms with Gasteiger partial charge in [-0.1, -0.05) is 153 Å². The van der Waals surface area contributed by atoms with Crippen molar-refractivity contribution in [3.05, 3.63) is 176 Å². The van der Waals surface area contributed by atoms with E-state index in [0.717, 1.165) is 11.4 Å². The minimum atomic E-state index is 1.12. The molecule has 0 saturated heterocycles. The van der Waals surface area contributed by atoms with Gasteiger partial charge in [-0.25, -0.2) is 0 Å². The maximum absolute atomic E-state index is 2.41. The number of rotatable bonds is 5. The highest BCUT2D eigenvalue weighted by atomic mass is 32.1. The fourth-order valence-electron chi connectivity index (χ4n) is 6.85. The molecule has 1 aromatic heterocycles. The molecule has 9 rings (SSSR count). The average Bonchev–Trinajstić information content (AvgIpc) is 3.56. The highest BCUT2D eigenvalue weighted by molar-refractivity contribution is 7.26. The van der Waals surface area contributed by atoms with Crippen molar-refractivity contribution in [1.82, 2.24) is 0 Å². The van der Waals surface area contributed by atoms with Gasteiger partial charge in [0.25, 0.3) is 0 Å². The number of hydrogen-bond donors (Lipinski definition) is 0. The molecule has 0 unspecified atom stereocenters. The second-order valence-corrected chi connectivity index (χ2v) is 12.8. The predicted octanol–water partition coefficient (Wildman–Crippen LogP) is 14.2. The Bertz CT molecular complexity index is 2510. The Kier molecular flexibility index (Phi) is 7.94. The second kappa shape index (κ2) is 12.8. The molecule has 230 valence electrons. The van der Waals surface area contributed by atoms with Crippen molar-refractivity contribution < 1.29 is 0 Å². The summed E-state index contributed by atoms with van der Waals surface area (Å²) in [5.41, 5.74) is 8.35. The van der Waals surface area contributed by atoms with Crippen LogP contribution >= 0.6 is 11.3 Å². The lowest BCUT2D eigenvalue weighted by Gasteiger charge is -2.28. The van der Waals surface area contributed by atoms with Crippen molar-refractivity contribution in [1.29, 1.82) is 0 Å². The zero-order valence-electron chi connectivity index (χ0n) is 27.1. The molecule has 0 aliphatic carbocycles. The third-order valence-corrected chi connectivity index (χ3v) is 10.3. The second-order valence-electron chi connectivity index (χ2n) is 11.7. The van der Waals surface area contributed by atoms with Gasteiger partial charge in [0.05, 0.1) is 5.69 Å². The Labute approximate surface area is 286 Å². The van der Waals surface area contributed by atoms with Crippen LogP contribution in [0.25, 0.3) is 64.0 Å². The third-order valence-electron chi connectivity index (χ3n) is 9.06. The Morgan fingerprint density at radius 3 is 1.73 bits per heavy atom. The summed E-state index contributed by atoms with van der Waals surface area (Å²) in [5, 5.41) is 7.64. The molecule has 0 bridgehead atoms. The topological polar surface area (TPSA) is 3.24 Å². The van der Waals surface area contributed by atoms with Crippen molar-refractivity contribution in [3.8, 4) is 22.3 Å². The van der Waals surface area contributed by atoms with E-state index >= 15 is 0 Å². The van der Waals surface area contributed by atoms with Gasteiger partial charge in [0.1, 0.15) is 0 Å². The number of nitrogens with zero attached hydrogens (tertiary/aromatic N) is 1. The van der Waals surface area contributed by atoms with E-state index in [9.17, 15) is 0 Å². The van der Waals surface area contributed by atoms with Crippen LogP contribution < -0.4 is 4.90 Å². The quantitative estimate of drug-likeness (QED) is 0.170. The van der Waals surface area contributed by atoms with Gasteiger partial charge in [-0.15, -0.1) is 11.3 Å². The van der Waals surface area contributed by atoms with Gasteiger partial charge in [-0.3, -0.25) is 0 Å². The van der Waals surface area contributed by atoms with Crippen molar-refractivity contribution in [2.45, 2.75) is 13.8 Å². The summed E-state index contributed by atoms with van der Waals surface area (Å²) in [6.07, 6.45) is 0. The van der Waals surface area contributed by atoms with Gasteiger partial charge in [0.15, 0.2) is 0 Å². The third kappa shape index (κ3) is 5.21. The van der Waals surface area contributed by atoms with Gasteiger partial charge >= 0.3 is 0 Å². The van der Waals surface area contributed by atoms with Crippen LogP contribution in [0.1, 0.15) is 13.8 Å². The van der Waals surface area contributed by atoms with Gasteiger partial charge in [0.2, 0.25) is 0 Å². The van der Waals surface area contributed by atoms with Crippen molar-refractivity contribution in [2.24, 2.45) is 0 Å². The van der Waals surface area contributed by atoms with E-state index in [2.05, 4.69) is 181 Å². The summed E-state index contributed by atoms with van der Waals surface area (Å²) in [7, 11) is 0. The zero-order valence-corrected chi connectivity index (χ0v) is 27.9. The molecule has 0 atom stereocenters. The van der Waals surface area contributed by atoms with E-state index in [-0.39, 0.29) is 0 Å². The van der Waals surface area contributed by atoms with Gasteiger partial charge in [-0.2, -0.15) is 0 Å². The van der Waals surface area contributed by atoms with E-state index in [1.54, 1.807) is 0 Å². The van der Waals surface area contributed by atoms with E-state index in [1.807, 2.05) is 25.2 Å². The van der Waals surface area contributed by atoms with E-state index < -0.39 is 0 Å². The number of benzene rings is 8. The summed E-state index contributed by atoms with van der Waals surface area (Å²) < 4.78 is 2.67. The molecule has 1 heterocycles. The summed E-state index contributed by atoms with van der Waals surface area (Å²) in [6.45, 7) is 4.00. The number of fused-ring (bicyclic) bond motifs is 6. The van der Waals surface area contributed by atoms with Crippen molar-refractivity contribution >= 4 is 70.1 Å². The molecule has 0 fully saturated rings. The number of hydrogen-bond acceptors (Lipinski definition) is 2. The molecule has 0 amide bonds. The largest absolute Gasteiger partial charge is 0.310 e. The lowest BCUT2D eigenvalue weighted by molar-refractivity contribution is 1.30. The van der Waals surface area contributed by atoms with Crippen LogP contribution in [0.5, 0.6) is 0 Å². The van der Waals surface area contributed by atoms with Crippen LogP contribution in [0.15, 0.2) is 176 Å². The first kappa shape index (κ1) is 29.7. The highest BCUT2D eigenvalue weighted by Crippen LogP contribution is 2.44. The van der Waals surface area contributed by atoms with Gasteiger partial charge in [-0.05, 0) is 74.8 Å². The van der Waals surface area contributed by atoms with Crippen LogP contribution in [-0.2, 0) is 0 Å². The standard InChI is InChI=1S/C44H29NS.C2H6/c1-2-10-30(11-3-1)31-22-26-35(27-23-31)45(41-18-8-13-34-21-20-32-12-4-5-14-37(32)43(34)41)36-28-24-33(25-29-36)38-16-9-17-40-39-15-6-7-19-42(39)46-44(38)40;1-2/h1-29H;1-2H3. The molecule has 0 N–H and O–H groups in total. The van der Waals surface area contributed by atoms with E-state index in [1.165, 1.54) is 69.7 Å². The molecular weight excluding hydrogens is 599 g/mol. The molecular formula is C46H35NS. The first-order valence-corrected chi connectivity index (χ1v) is 17.5. The van der Waals surface area contributed by atoms with Crippen LogP contribution in [0.4, 0.5) is 17.1 Å². The average molecular weight is 634 g/mol. The fourth-order valence-corrected chi connectivity index (χ4v) is 8.09. The molecule has 0 spiro atoms. The Balaban J connectivity index is 0.00000165. The monoisotopic (exact) mass is 633 g/mol. The Morgan fingerprint density at radius 1 is 0.396 bits per heavy atom. The fraction of sp³-hybridized carbons (Fsp3) is 0.0435.